The van der Waals surface area contributed by atoms with E-state index in [1.165, 1.54) is 18.2 Å². The molecule has 0 aliphatic heterocycles. The van der Waals surface area contributed by atoms with Crippen LogP contribution in [0.5, 0.6) is 0 Å². The third-order valence-electron chi connectivity index (χ3n) is 4.06. The zero-order chi connectivity index (χ0) is 19.5. The number of anilines is 1. The second-order valence-corrected chi connectivity index (χ2v) is 6.47. The van der Waals surface area contributed by atoms with E-state index in [0.717, 1.165) is 5.39 Å². The summed E-state index contributed by atoms with van der Waals surface area (Å²) in [7, 11) is 0. The molecule has 0 atom stereocenters. The molecule has 0 aliphatic rings. The summed E-state index contributed by atoms with van der Waals surface area (Å²) in [6.45, 7) is 0. The van der Waals surface area contributed by atoms with Gasteiger partial charge in [-0.15, -0.1) is 0 Å². The highest BCUT2D eigenvalue weighted by molar-refractivity contribution is 6.30. The van der Waals surface area contributed by atoms with Crippen LogP contribution in [0.4, 0.5) is 15.8 Å². The minimum absolute atomic E-state index is 0.00621. The van der Waals surface area contributed by atoms with Gasteiger partial charge in [-0.25, -0.2) is 9.38 Å². The van der Waals surface area contributed by atoms with Gasteiger partial charge in [0.25, 0.3) is 5.91 Å². The first-order valence-electron chi connectivity index (χ1n) is 8.49. The number of carbonyl (C=O) groups excluding carboxylic acids is 1. The van der Waals surface area contributed by atoms with Gasteiger partial charge >= 0.3 is 0 Å². The van der Waals surface area contributed by atoms with Crippen LogP contribution in [0.15, 0.2) is 88.3 Å². The molecule has 4 nitrogen and oxygen atoms in total. The summed E-state index contributed by atoms with van der Waals surface area (Å²) in [5.41, 5.74) is 1.32. The topological polar surface area (TPSA) is 54.6 Å². The minimum Gasteiger partial charge on any atom is -0.438 e. The van der Waals surface area contributed by atoms with Gasteiger partial charge < -0.3 is 9.73 Å². The van der Waals surface area contributed by atoms with Crippen molar-refractivity contribution >= 4 is 39.9 Å². The van der Waals surface area contributed by atoms with Crippen molar-refractivity contribution in [1.82, 2.24) is 0 Å². The average Bonchev–Trinajstić information content (AvgIpc) is 2.71. The smallest absolute Gasteiger partial charge is 0.261 e. The molecule has 0 fully saturated rings. The number of fused-ring (bicyclic) bond motifs is 1. The molecule has 6 heteroatoms. The van der Waals surface area contributed by atoms with E-state index in [1.54, 1.807) is 30.3 Å². The molecule has 1 aromatic heterocycles. The molecule has 0 radical (unpaired) electrons. The first-order chi connectivity index (χ1) is 13.6. The number of amides is 1. The highest BCUT2D eigenvalue weighted by atomic mass is 35.5. The molecule has 4 aromatic rings. The summed E-state index contributed by atoms with van der Waals surface area (Å²) in [6, 6.07) is 21.9. The van der Waals surface area contributed by atoms with Crippen LogP contribution in [0.3, 0.4) is 0 Å². The Morgan fingerprint density at radius 1 is 0.964 bits per heavy atom. The van der Waals surface area contributed by atoms with E-state index < -0.39 is 11.7 Å². The number of halogens is 2. The van der Waals surface area contributed by atoms with Gasteiger partial charge in [0.15, 0.2) is 0 Å². The molecule has 1 N–H and O–H groups in total. The molecule has 3 aromatic carbocycles. The molecule has 0 saturated carbocycles. The lowest BCUT2D eigenvalue weighted by Gasteiger charge is -2.07. The van der Waals surface area contributed by atoms with Crippen molar-refractivity contribution in [3.05, 3.63) is 101 Å². The van der Waals surface area contributed by atoms with Crippen LogP contribution in [0, 0.1) is 5.82 Å². The van der Waals surface area contributed by atoms with E-state index >= 15 is 0 Å². The fourth-order valence-corrected chi connectivity index (χ4v) is 2.88. The molecular weight excluding hydrogens is 379 g/mol. The maximum atomic E-state index is 14.2. The summed E-state index contributed by atoms with van der Waals surface area (Å²) in [5.74, 6) is -0.982. The Labute approximate surface area is 164 Å². The van der Waals surface area contributed by atoms with Crippen LogP contribution >= 0.6 is 11.6 Å². The zero-order valence-electron chi connectivity index (χ0n) is 14.5. The van der Waals surface area contributed by atoms with Crippen LogP contribution in [0.2, 0.25) is 5.02 Å². The zero-order valence-corrected chi connectivity index (χ0v) is 15.3. The van der Waals surface area contributed by atoms with Gasteiger partial charge in [0, 0.05) is 16.1 Å². The highest BCUT2D eigenvalue weighted by Gasteiger charge is 2.14. The highest BCUT2D eigenvalue weighted by Crippen LogP contribution is 2.22. The van der Waals surface area contributed by atoms with Crippen molar-refractivity contribution in [3.63, 3.8) is 0 Å². The molecule has 138 valence electrons. The van der Waals surface area contributed by atoms with E-state index in [-0.39, 0.29) is 16.8 Å². The first-order valence-corrected chi connectivity index (χ1v) is 8.87. The van der Waals surface area contributed by atoms with Crippen molar-refractivity contribution in [3.8, 4) is 0 Å². The van der Waals surface area contributed by atoms with E-state index in [1.807, 2.05) is 30.3 Å². The SMILES string of the molecule is O=C(Nc1ccccc1)c1cc2ccccc2oc1=Nc1cc(Cl)ccc1F. The molecule has 0 bridgehead atoms. The lowest BCUT2D eigenvalue weighted by atomic mass is 10.1. The predicted octanol–water partition coefficient (Wildman–Crippen LogP) is 5.71. The summed E-state index contributed by atoms with van der Waals surface area (Å²) < 4.78 is 20.0. The molecule has 4 rings (SSSR count). The van der Waals surface area contributed by atoms with Crippen molar-refractivity contribution in [2.24, 2.45) is 4.99 Å². The van der Waals surface area contributed by atoms with Gasteiger partial charge in [-0.05, 0) is 42.5 Å². The summed E-state index contributed by atoms with van der Waals surface area (Å²) in [4.78, 5) is 17.1. The van der Waals surface area contributed by atoms with Gasteiger partial charge in [0.1, 0.15) is 22.7 Å². The Morgan fingerprint density at radius 3 is 2.54 bits per heavy atom. The normalized spacial score (nSPS) is 11.6. The molecule has 0 aliphatic carbocycles. The van der Waals surface area contributed by atoms with Gasteiger partial charge in [-0.1, -0.05) is 48.0 Å². The second kappa shape index (κ2) is 7.66. The van der Waals surface area contributed by atoms with Crippen LogP contribution in [-0.4, -0.2) is 5.91 Å². The maximum absolute atomic E-state index is 14.2. The van der Waals surface area contributed by atoms with Crippen LogP contribution < -0.4 is 10.9 Å². The third-order valence-corrected chi connectivity index (χ3v) is 4.30. The molecule has 0 unspecified atom stereocenters. The van der Waals surface area contributed by atoms with Crippen molar-refractivity contribution < 1.29 is 13.6 Å². The number of hydrogen-bond donors (Lipinski definition) is 1. The number of nitrogens with one attached hydrogen (secondary N) is 1. The number of rotatable bonds is 3. The summed E-state index contributed by atoms with van der Waals surface area (Å²) in [5, 5.41) is 3.85. The second-order valence-electron chi connectivity index (χ2n) is 6.03. The summed E-state index contributed by atoms with van der Waals surface area (Å²) >= 11 is 5.95. The van der Waals surface area contributed by atoms with E-state index in [2.05, 4.69) is 10.3 Å². The number of para-hydroxylation sites is 2. The standard InChI is InChI=1S/C22H14ClFN2O2/c23-15-10-11-18(24)19(13-15)26-22-17(12-14-6-4-5-9-20(14)28-22)21(27)25-16-7-2-1-3-8-16/h1-13H,(H,25,27). The monoisotopic (exact) mass is 392 g/mol. The number of hydrogen-bond acceptors (Lipinski definition) is 3. The Balaban J connectivity index is 1.88. The summed E-state index contributed by atoms with van der Waals surface area (Å²) in [6.07, 6.45) is 0. The fraction of sp³-hybridized carbons (Fsp3) is 0. The molecule has 1 heterocycles. The first kappa shape index (κ1) is 17.9. The number of nitrogens with zero attached hydrogens (tertiary/aromatic N) is 1. The maximum Gasteiger partial charge on any atom is 0.261 e. The molecule has 28 heavy (non-hydrogen) atoms. The largest absolute Gasteiger partial charge is 0.438 e. The van der Waals surface area contributed by atoms with E-state index in [0.29, 0.717) is 16.3 Å². The number of benzene rings is 3. The Hall–Kier alpha value is -3.44. The van der Waals surface area contributed by atoms with Crippen LogP contribution in [0.1, 0.15) is 10.4 Å². The van der Waals surface area contributed by atoms with Gasteiger partial charge in [0.05, 0.1) is 0 Å². The lowest BCUT2D eigenvalue weighted by Crippen LogP contribution is -2.21. The Bertz CT molecular complexity index is 1240. The van der Waals surface area contributed by atoms with Crippen LogP contribution in [-0.2, 0) is 0 Å². The molecule has 1 amide bonds. The van der Waals surface area contributed by atoms with Crippen molar-refractivity contribution in [1.29, 1.82) is 0 Å². The quantitative estimate of drug-likeness (QED) is 0.485. The predicted molar refractivity (Wildman–Crippen MR) is 107 cm³/mol. The third kappa shape index (κ3) is 3.80. The fourth-order valence-electron chi connectivity index (χ4n) is 2.72. The van der Waals surface area contributed by atoms with Crippen molar-refractivity contribution in [2.45, 2.75) is 0 Å². The van der Waals surface area contributed by atoms with Crippen LogP contribution in [0.25, 0.3) is 11.0 Å². The lowest BCUT2D eigenvalue weighted by molar-refractivity contribution is 0.102. The minimum atomic E-state index is -0.567. The Morgan fingerprint density at radius 2 is 1.71 bits per heavy atom. The van der Waals surface area contributed by atoms with E-state index in [4.69, 9.17) is 16.0 Å². The van der Waals surface area contributed by atoms with E-state index in [9.17, 15) is 9.18 Å². The molecular formula is C22H14ClFN2O2. The van der Waals surface area contributed by atoms with Gasteiger partial charge in [-0.2, -0.15) is 0 Å². The Kier molecular flexibility index (Phi) is 4.91. The van der Waals surface area contributed by atoms with Gasteiger partial charge in [0.2, 0.25) is 5.55 Å². The van der Waals surface area contributed by atoms with Gasteiger partial charge in [-0.3, -0.25) is 4.79 Å². The number of carbonyl (C=O) groups is 1. The average molecular weight is 393 g/mol. The molecule has 0 saturated heterocycles. The molecule has 0 spiro atoms. The van der Waals surface area contributed by atoms with Crippen molar-refractivity contribution in [2.75, 3.05) is 5.32 Å².